The van der Waals surface area contributed by atoms with Crippen molar-refractivity contribution < 1.29 is 0 Å². The number of fused-ring (bicyclic) bond motifs is 7. The molecule has 0 saturated heterocycles. The molecule has 42 heavy (non-hydrogen) atoms. The highest BCUT2D eigenvalue weighted by Crippen LogP contribution is 2.53. The van der Waals surface area contributed by atoms with Crippen LogP contribution in [0, 0.1) is 13.8 Å². The van der Waals surface area contributed by atoms with Crippen molar-refractivity contribution in [2.45, 2.75) is 23.6 Å². The lowest BCUT2D eigenvalue weighted by atomic mass is 9.95. The SMILES string of the molecule is Cc1c2c(n(-c3nc(-c4ccccc4)nc(-c4ccccc4)n3)c1C)-c1ccccc1Sc1c-2ccc2ccccc12. The fourth-order valence-corrected chi connectivity index (χ4v) is 7.17. The standard InChI is InChI=1S/C37H26N4S/c1-23-24(2)41(37-39-35(26-14-5-3-6-15-26)38-36(40-37)27-16-7-4-8-17-27)33-29-19-11-12-20-31(29)42-34-28-18-10-9-13-25(28)21-22-30(34)32(23)33/h3-22H,1-2H3. The van der Waals surface area contributed by atoms with Crippen LogP contribution in [-0.4, -0.2) is 19.5 Å². The molecule has 200 valence electrons. The molecule has 3 heterocycles. The normalized spacial score (nSPS) is 12.0. The predicted octanol–water partition coefficient (Wildman–Crippen LogP) is 9.56. The number of hydrogen-bond acceptors (Lipinski definition) is 4. The fraction of sp³-hybridized carbons (Fsp3) is 0.0541. The minimum atomic E-state index is 0.619. The molecule has 4 nitrogen and oxygen atoms in total. The average Bonchev–Trinajstić information content (AvgIpc) is 3.21. The van der Waals surface area contributed by atoms with E-state index in [1.165, 1.54) is 42.8 Å². The summed E-state index contributed by atoms with van der Waals surface area (Å²) in [7, 11) is 0. The minimum absolute atomic E-state index is 0.619. The molecule has 0 aliphatic carbocycles. The highest BCUT2D eigenvalue weighted by molar-refractivity contribution is 7.99. The third-order valence-corrected chi connectivity index (χ3v) is 9.32. The van der Waals surface area contributed by atoms with Gasteiger partial charge in [0.2, 0.25) is 5.95 Å². The molecule has 0 atom stereocenters. The Bertz CT molecular complexity index is 2070. The van der Waals surface area contributed by atoms with Gasteiger partial charge in [0.05, 0.1) is 5.69 Å². The smallest absolute Gasteiger partial charge is 0.238 e. The van der Waals surface area contributed by atoms with Crippen LogP contribution >= 0.6 is 11.8 Å². The highest BCUT2D eigenvalue weighted by Gasteiger charge is 2.30. The lowest BCUT2D eigenvalue weighted by molar-refractivity contribution is 0.886. The maximum Gasteiger partial charge on any atom is 0.238 e. The number of hydrogen-bond donors (Lipinski definition) is 0. The first-order valence-corrected chi connectivity index (χ1v) is 14.9. The Morgan fingerprint density at radius 1 is 0.571 bits per heavy atom. The molecule has 0 N–H and O–H groups in total. The van der Waals surface area contributed by atoms with Gasteiger partial charge >= 0.3 is 0 Å². The van der Waals surface area contributed by atoms with Gasteiger partial charge in [-0.2, -0.15) is 9.97 Å². The number of rotatable bonds is 3. The Kier molecular flexibility index (Phi) is 5.79. The van der Waals surface area contributed by atoms with Gasteiger partial charge in [0.25, 0.3) is 0 Å². The van der Waals surface area contributed by atoms with Crippen LogP contribution in [0.5, 0.6) is 0 Å². The van der Waals surface area contributed by atoms with Crippen molar-refractivity contribution in [1.29, 1.82) is 0 Å². The maximum absolute atomic E-state index is 5.13. The van der Waals surface area contributed by atoms with Crippen molar-refractivity contribution in [2.24, 2.45) is 0 Å². The molecule has 0 unspecified atom stereocenters. The zero-order chi connectivity index (χ0) is 28.2. The first-order valence-electron chi connectivity index (χ1n) is 14.1. The van der Waals surface area contributed by atoms with Crippen molar-refractivity contribution in [3.63, 3.8) is 0 Å². The number of aromatic nitrogens is 4. The van der Waals surface area contributed by atoms with E-state index < -0.39 is 0 Å². The van der Waals surface area contributed by atoms with Crippen LogP contribution < -0.4 is 0 Å². The van der Waals surface area contributed by atoms with Gasteiger partial charge in [0.1, 0.15) is 0 Å². The van der Waals surface area contributed by atoms with Crippen LogP contribution in [-0.2, 0) is 0 Å². The number of nitrogens with zero attached hydrogens (tertiary/aromatic N) is 4. The molecule has 0 bridgehead atoms. The van der Waals surface area contributed by atoms with Gasteiger partial charge in [-0.15, -0.1) is 0 Å². The largest absolute Gasteiger partial charge is 0.282 e. The molecule has 1 aliphatic heterocycles. The molecule has 0 saturated carbocycles. The summed E-state index contributed by atoms with van der Waals surface area (Å²) in [4.78, 5) is 17.7. The molecule has 1 aliphatic rings. The van der Waals surface area contributed by atoms with Gasteiger partial charge in [-0.05, 0) is 41.8 Å². The Hall–Kier alpha value is -5.00. The van der Waals surface area contributed by atoms with Crippen LogP contribution in [0.3, 0.4) is 0 Å². The molecule has 5 aromatic carbocycles. The van der Waals surface area contributed by atoms with E-state index in [9.17, 15) is 0 Å². The van der Waals surface area contributed by atoms with E-state index in [1.807, 2.05) is 48.2 Å². The van der Waals surface area contributed by atoms with Crippen molar-refractivity contribution in [3.8, 4) is 51.1 Å². The average molecular weight is 559 g/mol. The minimum Gasteiger partial charge on any atom is -0.282 e. The van der Waals surface area contributed by atoms with Crippen molar-refractivity contribution in [3.05, 3.63) is 133 Å². The first-order chi connectivity index (χ1) is 20.7. The second-order valence-corrected chi connectivity index (χ2v) is 11.6. The first kappa shape index (κ1) is 24.8. The van der Waals surface area contributed by atoms with Gasteiger partial charge in [-0.3, -0.25) is 4.57 Å². The van der Waals surface area contributed by atoms with Gasteiger partial charge in [-0.25, -0.2) is 4.98 Å². The van der Waals surface area contributed by atoms with Crippen molar-refractivity contribution >= 4 is 22.5 Å². The Morgan fingerprint density at radius 2 is 1.19 bits per heavy atom. The van der Waals surface area contributed by atoms with Crippen LogP contribution in [0.1, 0.15) is 11.3 Å². The molecule has 2 aromatic heterocycles. The molecule has 8 rings (SSSR count). The van der Waals surface area contributed by atoms with Crippen LogP contribution in [0.2, 0.25) is 0 Å². The molecule has 7 aromatic rings. The second-order valence-electron chi connectivity index (χ2n) is 10.5. The molecule has 5 heteroatoms. The summed E-state index contributed by atoms with van der Waals surface area (Å²) in [6, 6.07) is 42.2. The number of benzene rings is 5. The van der Waals surface area contributed by atoms with Crippen LogP contribution in [0.4, 0.5) is 0 Å². The quantitative estimate of drug-likeness (QED) is 0.217. The Balaban J connectivity index is 1.47. The zero-order valence-corrected chi connectivity index (χ0v) is 24.1. The van der Waals surface area contributed by atoms with Crippen molar-refractivity contribution in [1.82, 2.24) is 19.5 Å². The molecule has 0 amide bonds. The van der Waals surface area contributed by atoms with E-state index in [1.54, 1.807) is 0 Å². The van der Waals surface area contributed by atoms with E-state index in [2.05, 4.69) is 103 Å². The summed E-state index contributed by atoms with van der Waals surface area (Å²) in [6.45, 7) is 4.40. The summed E-state index contributed by atoms with van der Waals surface area (Å²) in [5, 5.41) is 2.52. The molecular weight excluding hydrogens is 533 g/mol. The summed E-state index contributed by atoms with van der Waals surface area (Å²) >= 11 is 1.85. The van der Waals surface area contributed by atoms with Gasteiger partial charge < -0.3 is 0 Å². The third-order valence-electron chi connectivity index (χ3n) is 8.10. The van der Waals surface area contributed by atoms with E-state index in [0.29, 0.717) is 17.6 Å². The Morgan fingerprint density at radius 3 is 1.90 bits per heavy atom. The predicted molar refractivity (Wildman–Crippen MR) is 172 cm³/mol. The van der Waals surface area contributed by atoms with E-state index in [-0.39, 0.29) is 0 Å². The zero-order valence-electron chi connectivity index (χ0n) is 23.2. The summed E-state index contributed by atoms with van der Waals surface area (Å²) in [5.74, 6) is 1.93. The van der Waals surface area contributed by atoms with Gasteiger partial charge in [0, 0.05) is 37.7 Å². The third kappa shape index (κ3) is 3.89. The lowest BCUT2D eigenvalue weighted by Crippen LogP contribution is -2.09. The second kappa shape index (κ2) is 9.82. The van der Waals surface area contributed by atoms with Gasteiger partial charge in [0.15, 0.2) is 11.6 Å². The topological polar surface area (TPSA) is 43.6 Å². The van der Waals surface area contributed by atoms with E-state index in [0.717, 1.165) is 22.5 Å². The monoisotopic (exact) mass is 558 g/mol. The summed E-state index contributed by atoms with van der Waals surface area (Å²) in [5.41, 5.74) is 9.02. The Labute approximate surface area is 248 Å². The molecular formula is C37H26N4S. The van der Waals surface area contributed by atoms with Crippen LogP contribution in [0.15, 0.2) is 131 Å². The lowest BCUT2D eigenvalue weighted by Gasteiger charge is -2.15. The summed E-state index contributed by atoms with van der Waals surface area (Å²) < 4.78 is 2.24. The fourth-order valence-electron chi connectivity index (χ4n) is 5.95. The van der Waals surface area contributed by atoms with Gasteiger partial charge in [-0.1, -0.05) is 127 Å². The maximum atomic E-state index is 5.13. The van der Waals surface area contributed by atoms with Crippen molar-refractivity contribution in [2.75, 3.05) is 0 Å². The molecule has 0 spiro atoms. The highest BCUT2D eigenvalue weighted by atomic mass is 32.2. The molecule has 0 fully saturated rings. The van der Waals surface area contributed by atoms with E-state index >= 15 is 0 Å². The molecule has 0 radical (unpaired) electrons. The van der Waals surface area contributed by atoms with E-state index in [4.69, 9.17) is 15.0 Å². The van der Waals surface area contributed by atoms with Crippen LogP contribution in [0.25, 0.3) is 61.9 Å². The summed E-state index contributed by atoms with van der Waals surface area (Å²) in [6.07, 6.45) is 0.